The maximum absolute atomic E-state index is 12.8. The Kier molecular flexibility index (Phi) is 5.70. The van der Waals surface area contributed by atoms with E-state index in [4.69, 9.17) is 11.6 Å². The minimum Gasteiger partial charge on any atom is -0.320 e. The molecule has 160 valence electrons. The summed E-state index contributed by atoms with van der Waals surface area (Å²) in [6.45, 7) is 0.223. The predicted octanol–water partition coefficient (Wildman–Crippen LogP) is 4.34. The van der Waals surface area contributed by atoms with Gasteiger partial charge < -0.3 is 5.32 Å². The van der Waals surface area contributed by atoms with Gasteiger partial charge in [0, 0.05) is 24.2 Å². The topological polar surface area (TPSA) is 110 Å². The number of carbonyl (C=O) groups is 3. The molecule has 9 heteroatoms. The summed E-state index contributed by atoms with van der Waals surface area (Å²) in [4.78, 5) is 49.7. The Labute approximate surface area is 187 Å². The minimum absolute atomic E-state index is 0.0678. The number of nitrogens with one attached hydrogen (secondary N) is 1. The van der Waals surface area contributed by atoms with Crippen LogP contribution in [0.3, 0.4) is 0 Å². The fourth-order valence-electron chi connectivity index (χ4n) is 3.44. The lowest BCUT2D eigenvalue weighted by Crippen LogP contribution is -2.31. The molecule has 3 amide bonds. The number of nitro benzene ring substituents is 1. The predicted molar refractivity (Wildman–Crippen MR) is 118 cm³/mol. The number of amides is 3. The third kappa shape index (κ3) is 4.08. The van der Waals surface area contributed by atoms with Crippen molar-refractivity contribution in [2.24, 2.45) is 0 Å². The number of nitro groups is 1. The molecule has 0 unspecified atom stereocenters. The number of anilines is 1. The third-order valence-corrected chi connectivity index (χ3v) is 5.44. The Hall–Kier alpha value is -4.04. The highest BCUT2D eigenvalue weighted by Gasteiger charge is 2.35. The second kappa shape index (κ2) is 8.60. The molecule has 4 rings (SSSR count). The zero-order valence-corrected chi connectivity index (χ0v) is 17.3. The lowest BCUT2D eigenvalue weighted by Gasteiger charge is -2.13. The Balaban J connectivity index is 1.53. The number of nitrogens with zero attached hydrogens (tertiary/aromatic N) is 2. The van der Waals surface area contributed by atoms with E-state index >= 15 is 0 Å². The molecule has 0 fully saturated rings. The molecule has 0 spiro atoms. The van der Waals surface area contributed by atoms with E-state index < -0.39 is 22.6 Å². The van der Waals surface area contributed by atoms with Gasteiger partial charge in [-0.05, 0) is 36.2 Å². The van der Waals surface area contributed by atoms with E-state index in [0.29, 0.717) is 6.42 Å². The fraction of sp³-hybridized carbons (Fsp3) is 0.0870. The fourth-order valence-corrected chi connectivity index (χ4v) is 3.60. The molecule has 1 N–H and O–H groups in total. The van der Waals surface area contributed by atoms with Crippen LogP contribution in [0, 0.1) is 10.1 Å². The van der Waals surface area contributed by atoms with Crippen molar-refractivity contribution < 1.29 is 19.3 Å². The molecule has 0 saturated carbocycles. The molecule has 3 aromatic rings. The molecule has 0 radical (unpaired) electrons. The summed E-state index contributed by atoms with van der Waals surface area (Å²) in [5.74, 6) is -1.49. The molecule has 3 aromatic carbocycles. The van der Waals surface area contributed by atoms with E-state index in [-0.39, 0.29) is 39.6 Å². The summed E-state index contributed by atoms with van der Waals surface area (Å²) < 4.78 is 0. The molecule has 1 aliphatic heterocycles. The van der Waals surface area contributed by atoms with Gasteiger partial charge in [-0.3, -0.25) is 29.4 Å². The van der Waals surface area contributed by atoms with Gasteiger partial charge in [0.05, 0.1) is 26.8 Å². The van der Waals surface area contributed by atoms with Crippen molar-refractivity contribution in [2.45, 2.75) is 6.42 Å². The largest absolute Gasteiger partial charge is 0.320 e. The van der Waals surface area contributed by atoms with Crippen LogP contribution >= 0.6 is 11.6 Å². The summed E-state index contributed by atoms with van der Waals surface area (Å²) in [6.07, 6.45) is 0.519. The smallest absolute Gasteiger partial charge is 0.271 e. The standard InChI is InChI=1S/C23H16ClN3O5/c24-19-9-7-16(27(31)32)13-20(19)25-21(28)15-6-8-17-18(12-15)23(30)26(22(17)29)11-10-14-4-2-1-3-5-14/h1-9,12-13H,10-11H2,(H,25,28). The summed E-state index contributed by atoms with van der Waals surface area (Å²) >= 11 is 6.03. The van der Waals surface area contributed by atoms with Crippen LogP contribution in [0.5, 0.6) is 0 Å². The zero-order valence-electron chi connectivity index (χ0n) is 16.6. The van der Waals surface area contributed by atoms with Gasteiger partial charge in [-0.25, -0.2) is 0 Å². The second-order valence-corrected chi connectivity index (χ2v) is 7.54. The normalized spacial score (nSPS) is 12.6. The average Bonchev–Trinajstić information content (AvgIpc) is 3.03. The highest BCUT2D eigenvalue weighted by Crippen LogP contribution is 2.28. The number of carbonyl (C=O) groups excluding carboxylic acids is 3. The van der Waals surface area contributed by atoms with E-state index in [1.165, 1.54) is 30.3 Å². The van der Waals surface area contributed by atoms with Gasteiger partial charge in [0.15, 0.2) is 0 Å². The summed E-state index contributed by atoms with van der Waals surface area (Å²) in [5, 5.41) is 13.6. The van der Waals surface area contributed by atoms with Crippen molar-refractivity contribution in [2.75, 3.05) is 11.9 Å². The van der Waals surface area contributed by atoms with Gasteiger partial charge in [-0.15, -0.1) is 0 Å². The number of rotatable bonds is 6. The van der Waals surface area contributed by atoms with Crippen molar-refractivity contribution in [3.63, 3.8) is 0 Å². The van der Waals surface area contributed by atoms with Crippen molar-refractivity contribution in [3.8, 4) is 0 Å². The zero-order chi connectivity index (χ0) is 22.8. The molecular formula is C23H16ClN3O5. The quantitative estimate of drug-likeness (QED) is 0.342. The first-order valence-electron chi connectivity index (χ1n) is 9.64. The average molecular weight is 450 g/mol. The molecule has 0 bridgehead atoms. The maximum atomic E-state index is 12.8. The van der Waals surface area contributed by atoms with E-state index in [9.17, 15) is 24.5 Å². The molecule has 1 aliphatic rings. The molecule has 8 nitrogen and oxygen atoms in total. The van der Waals surface area contributed by atoms with Gasteiger partial charge in [0.25, 0.3) is 23.4 Å². The van der Waals surface area contributed by atoms with Gasteiger partial charge >= 0.3 is 0 Å². The Bertz CT molecular complexity index is 1260. The van der Waals surface area contributed by atoms with Crippen molar-refractivity contribution in [3.05, 3.63) is 104 Å². The molecular weight excluding hydrogens is 434 g/mol. The SMILES string of the molecule is O=C(Nc1cc([N+](=O)[O-])ccc1Cl)c1ccc2c(c1)C(=O)N(CCc1ccccc1)C2=O. The van der Waals surface area contributed by atoms with Crippen molar-refractivity contribution in [1.29, 1.82) is 0 Å². The number of fused-ring (bicyclic) bond motifs is 1. The van der Waals surface area contributed by atoms with Crippen LogP contribution in [-0.4, -0.2) is 34.1 Å². The molecule has 0 atom stereocenters. The van der Waals surface area contributed by atoms with E-state index in [2.05, 4.69) is 5.32 Å². The molecule has 0 saturated heterocycles. The third-order valence-electron chi connectivity index (χ3n) is 5.11. The van der Waals surface area contributed by atoms with Crippen LogP contribution in [0.4, 0.5) is 11.4 Å². The highest BCUT2D eigenvalue weighted by molar-refractivity contribution is 6.34. The summed E-state index contributed by atoms with van der Waals surface area (Å²) in [6, 6.07) is 17.4. The highest BCUT2D eigenvalue weighted by atomic mass is 35.5. The van der Waals surface area contributed by atoms with Gasteiger partial charge in [0.2, 0.25) is 0 Å². The minimum atomic E-state index is -0.613. The first-order valence-corrected chi connectivity index (χ1v) is 10.0. The van der Waals surface area contributed by atoms with Crippen LogP contribution in [-0.2, 0) is 6.42 Å². The first kappa shape index (κ1) is 21.2. The van der Waals surface area contributed by atoms with Gasteiger partial charge in [-0.1, -0.05) is 41.9 Å². The van der Waals surface area contributed by atoms with Crippen LogP contribution in [0.15, 0.2) is 66.7 Å². The number of non-ortho nitro benzene ring substituents is 1. The van der Waals surface area contributed by atoms with Crippen LogP contribution < -0.4 is 5.32 Å². The van der Waals surface area contributed by atoms with Crippen LogP contribution in [0.2, 0.25) is 5.02 Å². The van der Waals surface area contributed by atoms with Crippen molar-refractivity contribution >= 4 is 40.7 Å². The summed E-state index contributed by atoms with van der Waals surface area (Å²) in [5.41, 5.74) is 1.33. The molecule has 1 heterocycles. The second-order valence-electron chi connectivity index (χ2n) is 7.13. The number of imide groups is 1. The van der Waals surface area contributed by atoms with Crippen LogP contribution in [0.25, 0.3) is 0 Å². The Morgan fingerprint density at radius 3 is 2.41 bits per heavy atom. The Morgan fingerprint density at radius 1 is 0.969 bits per heavy atom. The number of hydrogen-bond acceptors (Lipinski definition) is 5. The maximum Gasteiger partial charge on any atom is 0.271 e. The molecule has 0 aliphatic carbocycles. The van der Waals surface area contributed by atoms with Crippen LogP contribution in [0.1, 0.15) is 36.6 Å². The number of halogens is 1. The number of benzene rings is 3. The molecule has 0 aromatic heterocycles. The lowest BCUT2D eigenvalue weighted by atomic mass is 10.1. The molecule has 32 heavy (non-hydrogen) atoms. The summed E-state index contributed by atoms with van der Waals surface area (Å²) in [7, 11) is 0. The van der Waals surface area contributed by atoms with E-state index in [0.717, 1.165) is 16.5 Å². The lowest BCUT2D eigenvalue weighted by molar-refractivity contribution is -0.384. The van der Waals surface area contributed by atoms with E-state index in [1.54, 1.807) is 0 Å². The van der Waals surface area contributed by atoms with E-state index in [1.807, 2.05) is 30.3 Å². The first-order chi connectivity index (χ1) is 15.3. The monoisotopic (exact) mass is 449 g/mol. The van der Waals surface area contributed by atoms with Crippen molar-refractivity contribution in [1.82, 2.24) is 4.90 Å². The van der Waals surface area contributed by atoms with Gasteiger partial charge in [0.1, 0.15) is 0 Å². The number of hydrogen-bond donors (Lipinski definition) is 1. The Morgan fingerprint density at radius 2 is 1.69 bits per heavy atom. The van der Waals surface area contributed by atoms with Gasteiger partial charge in [-0.2, -0.15) is 0 Å².